The van der Waals surface area contributed by atoms with Crippen molar-refractivity contribution in [3.63, 3.8) is 0 Å². The smallest absolute Gasteiger partial charge is 0.223 e. The van der Waals surface area contributed by atoms with Gasteiger partial charge in [0.25, 0.3) is 0 Å². The largest absolute Gasteiger partial charge is 0.368 e. The Morgan fingerprint density at radius 3 is 2.89 bits per heavy atom. The summed E-state index contributed by atoms with van der Waals surface area (Å²) < 4.78 is 0. The van der Waals surface area contributed by atoms with Crippen molar-refractivity contribution < 1.29 is 0 Å². The molecular formula is C13H20N4S2. The first-order valence-electron chi connectivity index (χ1n) is 6.28. The van der Waals surface area contributed by atoms with Crippen molar-refractivity contribution in [3.8, 4) is 0 Å². The summed E-state index contributed by atoms with van der Waals surface area (Å²) in [7, 11) is 2.08. The molecule has 104 valence electrons. The number of thioether (sulfide) groups is 1. The molecule has 0 aromatic carbocycles. The highest BCUT2D eigenvalue weighted by atomic mass is 32.2. The standard InChI is InChI=1S/C13H20N4S2/c1-8(5-6-18-4)17(3)11-10-7-9(2)19-12(10)16-13(14)15-11/h7-8H,5-6H2,1-4H3,(H2,14,15,16). The molecule has 2 aromatic heterocycles. The van der Waals surface area contributed by atoms with Crippen molar-refractivity contribution in [2.24, 2.45) is 0 Å². The Hall–Kier alpha value is -1.01. The molecule has 2 heterocycles. The lowest BCUT2D eigenvalue weighted by Crippen LogP contribution is -2.30. The van der Waals surface area contributed by atoms with E-state index in [1.807, 2.05) is 11.8 Å². The molecule has 0 bridgehead atoms. The van der Waals surface area contributed by atoms with Gasteiger partial charge in [-0.1, -0.05) is 0 Å². The van der Waals surface area contributed by atoms with Crippen LogP contribution in [-0.2, 0) is 0 Å². The van der Waals surface area contributed by atoms with Crippen LogP contribution in [0, 0.1) is 6.92 Å². The second-order valence-electron chi connectivity index (χ2n) is 4.72. The van der Waals surface area contributed by atoms with E-state index in [0.717, 1.165) is 28.2 Å². The first-order chi connectivity index (χ1) is 9.02. The third kappa shape index (κ3) is 3.12. The van der Waals surface area contributed by atoms with Crippen LogP contribution >= 0.6 is 23.1 Å². The van der Waals surface area contributed by atoms with E-state index in [9.17, 15) is 0 Å². The molecule has 6 heteroatoms. The van der Waals surface area contributed by atoms with Crippen molar-refractivity contribution in [1.29, 1.82) is 0 Å². The average Bonchev–Trinajstić information content (AvgIpc) is 2.74. The molecule has 1 atom stereocenters. The maximum atomic E-state index is 5.83. The highest BCUT2D eigenvalue weighted by Crippen LogP contribution is 2.31. The highest BCUT2D eigenvalue weighted by Gasteiger charge is 2.17. The molecule has 19 heavy (non-hydrogen) atoms. The summed E-state index contributed by atoms with van der Waals surface area (Å²) in [5, 5.41) is 1.11. The van der Waals surface area contributed by atoms with E-state index >= 15 is 0 Å². The summed E-state index contributed by atoms with van der Waals surface area (Å²) in [5.41, 5.74) is 5.83. The minimum Gasteiger partial charge on any atom is -0.368 e. The van der Waals surface area contributed by atoms with Gasteiger partial charge in [-0.3, -0.25) is 0 Å². The van der Waals surface area contributed by atoms with Crippen molar-refractivity contribution in [3.05, 3.63) is 10.9 Å². The highest BCUT2D eigenvalue weighted by molar-refractivity contribution is 7.98. The molecule has 0 radical (unpaired) electrons. The molecule has 1 unspecified atom stereocenters. The van der Waals surface area contributed by atoms with E-state index in [4.69, 9.17) is 5.73 Å². The Balaban J connectivity index is 2.37. The van der Waals surface area contributed by atoms with Gasteiger partial charge in [-0.05, 0) is 38.3 Å². The molecule has 2 rings (SSSR count). The number of aromatic nitrogens is 2. The van der Waals surface area contributed by atoms with E-state index in [1.54, 1.807) is 11.3 Å². The van der Waals surface area contributed by atoms with Gasteiger partial charge in [-0.15, -0.1) is 11.3 Å². The number of thiophene rings is 1. The number of hydrogen-bond donors (Lipinski definition) is 1. The van der Waals surface area contributed by atoms with Crippen LogP contribution in [0.1, 0.15) is 18.2 Å². The van der Waals surface area contributed by atoms with E-state index in [-0.39, 0.29) is 0 Å². The summed E-state index contributed by atoms with van der Waals surface area (Å²) in [4.78, 5) is 13.2. The SMILES string of the molecule is CSCCC(C)N(C)c1nc(N)nc2sc(C)cc12. The van der Waals surface area contributed by atoms with Gasteiger partial charge in [0.2, 0.25) is 5.95 Å². The van der Waals surface area contributed by atoms with Crippen LogP contribution in [0.4, 0.5) is 11.8 Å². The van der Waals surface area contributed by atoms with Crippen molar-refractivity contribution in [2.45, 2.75) is 26.3 Å². The van der Waals surface area contributed by atoms with Gasteiger partial charge in [-0.2, -0.15) is 16.7 Å². The molecule has 0 saturated carbocycles. The number of rotatable bonds is 5. The van der Waals surface area contributed by atoms with Gasteiger partial charge >= 0.3 is 0 Å². The maximum absolute atomic E-state index is 5.83. The third-order valence-electron chi connectivity index (χ3n) is 3.25. The second kappa shape index (κ2) is 5.96. The van der Waals surface area contributed by atoms with E-state index in [1.165, 1.54) is 4.88 Å². The van der Waals surface area contributed by atoms with Gasteiger partial charge in [-0.25, -0.2) is 4.98 Å². The number of nitrogen functional groups attached to an aromatic ring is 1. The second-order valence-corrected chi connectivity index (χ2v) is 6.94. The van der Waals surface area contributed by atoms with Crippen LogP contribution < -0.4 is 10.6 Å². The molecule has 2 N–H and O–H groups in total. The van der Waals surface area contributed by atoms with Crippen LogP contribution in [-0.4, -0.2) is 35.1 Å². The van der Waals surface area contributed by atoms with Gasteiger partial charge in [0.15, 0.2) is 0 Å². The zero-order chi connectivity index (χ0) is 14.0. The van der Waals surface area contributed by atoms with Crippen LogP contribution in [0.3, 0.4) is 0 Å². The monoisotopic (exact) mass is 296 g/mol. The van der Waals surface area contributed by atoms with Gasteiger partial charge in [0, 0.05) is 18.0 Å². The molecule has 0 amide bonds. The summed E-state index contributed by atoms with van der Waals surface area (Å²) in [6.07, 6.45) is 3.27. The zero-order valence-electron chi connectivity index (χ0n) is 11.8. The molecule has 0 aliphatic heterocycles. The summed E-state index contributed by atoms with van der Waals surface area (Å²) in [6.45, 7) is 4.31. The Morgan fingerprint density at radius 1 is 1.47 bits per heavy atom. The number of aryl methyl sites for hydroxylation is 1. The normalized spacial score (nSPS) is 12.8. The number of hydrogen-bond acceptors (Lipinski definition) is 6. The van der Waals surface area contributed by atoms with Gasteiger partial charge < -0.3 is 10.6 Å². The lowest BCUT2D eigenvalue weighted by molar-refractivity contribution is 0.664. The minimum atomic E-state index is 0.355. The number of anilines is 2. The molecule has 4 nitrogen and oxygen atoms in total. The predicted octanol–water partition coefficient (Wildman–Crippen LogP) is 3.16. The summed E-state index contributed by atoms with van der Waals surface area (Å²) >= 11 is 3.54. The third-order valence-corrected chi connectivity index (χ3v) is 4.84. The average molecular weight is 296 g/mol. The van der Waals surface area contributed by atoms with E-state index < -0.39 is 0 Å². The van der Waals surface area contributed by atoms with Crippen LogP contribution in [0.25, 0.3) is 10.2 Å². The lowest BCUT2D eigenvalue weighted by Gasteiger charge is -2.26. The fraction of sp³-hybridized carbons (Fsp3) is 0.538. The molecular weight excluding hydrogens is 276 g/mol. The number of fused-ring (bicyclic) bond motifs is 1. The molecule has 0 saturated heterocycles. The lowest BCUT2D eigenvalue weighted by atomic mass is 10.2. The first kappa shape index (κ1) is 14.4. The molecule has 0 aliphatic rings. The van der Waals surface area contributed by atoms with Crippen molar-refractivity contribution in [2.75, 3.05) is 29.7 Å². The van der Waals surface area contributed by atoms with E-state index in [0.29, 0.717) is 12.0 Å². The van der Waals surface area contributed by atoms with Gasteiger partial charge in [0.1, 0.15) is 10.6 Å². The van der Waals surface area contributed by atoms with Gasteiger partial charge in [0.05, 0.1) is 5.39 Å². The fourth-order valence-electron chi connectivity index (χ4n) is 2.00. The molecule has 2 aromatic rings. The first-order valence-corrected chi connectivity index (χ1v) is 8.49. The predicted molar refractivity (Wildman–Crippen MR) is 87.4 cm³/mol. The Morgan fingerprint density at radius 2 is 2.21 bits per heavy atom. The maximum Gasteiger partial charge on any atom is 0.223 e. The molecule has 0 spiro atoms. The Kier molecular flexibility index (Phi) is 4.52. The van der Waals surface area contributed by atoms with E-state index in [2.05, 4.69) is 48.1 Å². The minimum absolute atomic E-state index is 0.355. The zero-order valence-corrected chi connectivity index (χ0v) is 13.4. The number of nitrogens with zero attached hydrogens (tertiary/aromatic N) is 3. The Labute approximate surface area is 122 Å². The van der Waals surface area contributed by atoms with Crippen molar-refractivity contribution >= 4 is 45.1 Å². The Bertz CT molecular complexity index is 567. The summed E-state index contributed by atoms with van der Waals surface area (Å²) in [6, 6.07) is 2.58. The fourth-order valence-corrected chi connectivity index (χ4v) is 3.46. The van der Waals surface area contributed by atoms with Crippen LogP contribution in [0.5, 0.6) is 0 Å². The van der Waals surface area contributed by atoms with Crippen LogP contribution in [0.2, 0.25) is 0 Å². The summed E-state index contributed by atoms with van der Waals surface area (Å²) in [5.74, 6) is 2.45. The number of nitrogens with two attached hydrogens (primary N) is 1. The molecule has 0 aliphatic carbocycles. The quantitative estimate of drug-likeness (QED) is 0.918. The molecule has 0 fully saturated rings. The van der Waals surface area contributed by atoms with Crippen LogP contribution in [0.15, 0.2) is 6.07 Å². The topological polar surface area (TPSA) is 55.0 Å². The van der Waals surface area contributed by atoms with Crippen molar-refractivity contribution in [1.82, 2.24) is 9.97 Å².